The van der Waals surface area contributed by atoms with Gasteiger partial charge in [-0.2, -0.15) is 13.2 Å². The molecule has 2 aromatic rings. The number of amides is 2. The molecule has 0 bridgehead atoms. The van der Waals surface area contributed by atoms with Gasteiger partial charge in [0.2, 0.25) is 11.8 Å². The Hall–Kier alpha value is -2.54. The topological polar surface area (TPSA) is 49.4 Å². The fourth-order valence-electron chi connectivity index (χ4n) is 2.11. The summed E-state index contributed by atoms with van der Waals surface area (Å²) in [5.41, 5.74) is -0.440. The van der Waals surface area contributed by atoms with Crippen LogP contribution >= 0.6 is 11.6 Å². The van der Waals surface area contributed by atoms with Gasteiger partial charge >= 0.3 is 6.18 Å². The SMILES string of the molecule is CC(=O)N(CC(=O)Nc1ccc(Cl)cc1)c1cccc(C(F)(F)F)c1. The van der Waals surface area contributed by atoms with E-state index in [-0.39, 0.29) is 5.69 Å². The Bertz CT molecular complexity index is 776. The lowest BCUT2D eigenvalue weighted by Crippen LogP contribution is -2.36. The number of nitrogens with zero attached hydrogens (tertiary/aromatic N) is 1. The number of carbonyl (C=O) groups is 2. The molecule has 0 radical (unpaired) electrons. The van der Waals surface area contributed by atoms with E-state index in [2.05, 4.69) is 5.32 Å². The van der Waals surface area contributed by atoms with Gasteiger partial charge in [-0.15, -0.1) is 0 Å². The van der Waals surface area contributed by atoms with Gasteiger partial charge in [-0.3, -0.25) is 9.59 Å². The first-order chi connectivity index (χ1) is 11.7. The smallest absolute Gasteiger partial charge is 0.325 e. The van der Waals surface area contributed by atoms with Crippen molar-refractivity contribution in [2.75, 3.05) is 16.8 Å². The Balaban J connectivity index is 2.17. The molecule has 25 heavy (non-hydrogen) atoms. The first-order valence-electron chi connectivity index (χ1n) is 7.17. The van der Waals surface area contributed by atoms with Crippen molar-refractivity contribution >= 4 is 34.8 Å². The van der Waals surface area contributed by atoms with E-state index in [0.29, 0.717) is 10.7 Å². The number of alkyl halides is 3. The second kappa shape index (κ2) is 7.57. The molecule has 0 saturated heterocycles. The van der Waals surface area contributed by atoms with Crippen molar-refractivity contribution in [1.82, 2.24) is 0 Å². The quantitative estimate of drug-likeness (QED) is 0.869. The van der Waals surface area contributed by atoms with Gasteiger partial charge in [0.1, 0.15) is 6.54 Å². The molecule has 0 saturated carbocycles. The van der Waals surface area contributed by atoms with Crippen LogP contribution in [0.5, 0.6) is 0 Å². The summed E-state index contributed by atoms with van der Waals surface area (Å²) >= 11 is 5.75. The van der Waals surface area contributed by atoms with Gasteiger partial charge in [-0.1, -0.05) is 17.7 Å². The van der Waals surface area contributed by atoms with Gasteiger partial charge in [-0.25, -0.2) is 0 Å². The lowest BCUT2D eigenvalue weighted by atomic mass is 10.1. The van der Waals surface area contributed by atoms with E-state index >= 15 is 0 Å². The molecule has 2 rings (SSSR count). The van der Waals surface area contributed by atoms with Crippen molar-refractivity contribution < 1.29 is 22.8 Å². The minimum absolute atomic E-state index is 0.00594. The molecule has 8 heteroatoms. The highest BCUT2D eigenvalue weighted by molar-refractivity contribution is 6.30. The van der Waals surface area contributed by atoms with E-state index < -0.39 is 30.1 Å². The maximum Gasteiger partial charge on any atom is 0.416 e. The minimum Gasteiger partial charge on any atom is -0.325 e. The number of benzene rings is 2. The summed E-state index contributed by atoms with van der Waals surface area (Å²) in [6.45, 7) is 0.759. The van der Waals surface area contributed by atoms with E-state index in [0.717, 1.165) is 17.0 Å². The maximum absolute atomic E-state index is 12.8. The molecule has 0 unspecified atom stereocenters. The van der Waals surface area contributed by atoms with Crippen LogP contribution in [0.25, 0.3) is 0 Å². The van der Waals surface area contributed by atoms with E-state index in [9.17, 15) is 22.8 Å². The van der Waals surface area contributed by atoms with E-state index in [1.165, 1.54) is 19.1 Å². The Labute approximate surface area is 147 Å². The molecule has 132 valence electrons. The van der Waals surface area contributed by atoms with Crippen molar-refractivity contribution in [2.24, 2.45) is 0 Å². The normalized spacial score (nSPS) is 11.1. The molecule has 0 atom stereocenters. The number of carbonyl (C=O) groups excluding carboxylic acids is 2. The molecular weight excluding hydrogens is 357 g/mol. The molecule has 2 amide bonds. The number of anilines is 2. The zero-order valence-corrected chi connectivity index (χ0v) is 13.9. The maximum atomic E-state index is 12.8. The zero-order chi connectivity index (χ0) is 18.6. The standard InChI is InChI=1S/C17H14ClF3N2O2/c1-11(24)23(15-4-2-3-12(9-15)17(19,20)21)10-16(25)22-14-7-5-13(18)6-8-14/h2-9H,10H2,1H3,(H,22,25). The summed E-state index contributed by atoms with van der Waals surface area (Å²) in [7, 11) is 0. The summed E-state index contributed by atoms with van der Waals surface area (Å²) in [5, 5.41) is 3.05. The van der Waals surface area contributed by atoms with E-state index in [1.807, 2.05) is 0 Å². The van der Waals surface area contributed by atoms with Crippen LogP contribution in [0.4, 0.5) is 24.5 Å². The monoisotopic (exact) mass is 370 g/mol. The molecule has 0 aliphatic carbocycles. The third-order valence-corrected chi connectivity index (χ3v) is 3.55. The third-order valence-electron chi connectivity index (χ3n) is 3.29. The van der Waals surface area contributed by atoms with Crippen molar-refractivity contribution in [3.63, 3.8) is 0 Å². The van der Waals surface area contributed by atoms with Crippen LogP contribution in [0, 0.1) is 0 Å². The van der Waals surface area contributed by atoms with Gasteiger partial charge in [-0.05, 0) is 42.5 Å². The molecule has 0 heterocycles. The Morgan fingerprint density at radius 3 is 2.32 bits per heavy atom. The highest BCUT2D eigenvalue weighted by atomic mass is 35.5. The second-order valence-corrected chi connectivity index (χ2v) is 5.64. The molecule has 1 N–H and O–H groups in total. The van der Waals surface area contributed by atoms with E-state index in [1.54, 1.807) is 24.3 Å². The van der Waals surface area contributed by atoms with Crippen molar-refractivity contribution in [2.45, 2.75) is 13.1 Å². The van der Waals surface area contributed by atoms with Crippen LogP contribution in [-0.4, -0.2) is 18.4 Å². The fraction of sp³-hybridized carbons (Fsp3) is 0.176. The molecule has 0 aromatic heterocycles. The lowest BCUT2D eigenvalue weighted by molar-refractivity contribution is -0.137. The average Bonchev–Trinajstić information content (AvgIpc) is 2.54. The van der Waals surface area contributed by atoms with Gasteiger partial charge in [0.25, 0.3) is 0 Å². The predicted molar refractivity (Wildman–Crippen MR) is 89.6 cm³/mol. The number of nitrogens with one attached hydrogen (secondary N) is 1. The first kappa shape index (κ1) is 18.8. The van der Waals surface area contributed by atoms with Crippen LogP contribution < -0.4 is 10.2 Å². The summed E-state index contributed by atoms with van der Waals surface area (Å²) in [5.74, 6) is -1.10. The largest absolute Gasteiger partial charge is 0.416 e. The first-order valence-corrected chi connectivity index (χ1v) is 7.55. The van der Waals surface area contributed by atoms with Crippen LogP contribution in [0.15, 0.2) is 48.5 Å². The fourth-order valence-corrected chi connectivity index (χ4v) is 2.24. The Morgan fingerprint density at radius 1 is 1.12 bits per heavy atom. The lowest BCUT2D eigenvalue weighted by Gasteiger charge is -2.21. The van der Waals surface area contributed by atoms with Crippen LogP contribution in [0.1, 0.15) is 12.5 Å². The van der Waals surface area contributed by atoms with Crippen LogP contribution in [-0.2, 0) is 15.8 Å². The number of hydrogen-bond acceptors (Lipinski definition) is 2. The third kappa shape index (κ3) is 5.22. The summed E-state index contributed by atoms with van der Waals surface area (Å²) in [6, 6.07) is 10.6. The molecule has 0 aliphatic rings. The predicted octanol–water partition coefficient (Wildman–Crippen LogP) is 4.35. The Morgan fingerprint density at radius 2 is 1.76 bits per heavy atom. The summed E-state index contributed by atoms with van der Waals surface area (Å²) in [4.78, 5) is 24.9. The number of hydrogen-bond donors (Lipinski definition) is 1. The number of halogens is 4. The molecule has 4 nitrogen and oxygen atoms in total. The van der Waals surface area contributed by atoms with Crippen molar-refractivity contribution in [3.05, 3.63) is 59.1 Å². The highest BCUT2D eigenvalue weighted by Crippen LogP contribution is 2.31. The van der Waals surface area contributed by atoms with Gasteiger partial charge in [0.05, 0.1) is 5.56 Å². The molecule has 0 aliphatic heterocycles. The molecule has 2 aromatic carbocycles. The highest BCUT2D eigenvalue weighted by Gasteiger charge is 2.31. The van der Waals surface area contributed by atoms with Gasteiger partial charge in [0, 0.05) is 23.3 Å². The zero-order valence-electron chi connectivity index (χ0n) is 13.1. The van der Waals surface area contributed by atoms with Gasteiger partial charge in [0.15, 0.2) is 0 Å². The van der Waals surface area contributed by atoms with E-state index in [4.69, 9.17) is 11.6 Å². The minimum atomic E-state index is -4.54. The Kier molecular flexibility index (Phi) is 5.69. The van der Waals surface area contributed by atoms with Crippen LogP contribution in [0.3, 0.4) is 0 Å². The van der Waals surface area contributed by atoms with Crippen LogP contribution in [0.2, 0.25) is 5.02 Å². The molecule has 0 fully saturated rings. The average molecular weight is 371 g/mol. The van der Waals surface area contributed by atoms with Crippen molar-refractivity contribution in [1.29, 1.82) is 0 Å². The second-order valence-electron chi connectivity index (χ2n) is 5.21. The number of rotatable bonds is 4. The van der Waals surface area contributed by atoms with Crippen molar-refractivity contribution in [3.8, 4) is 0 Å². The molecule has 0 spiro atoms. The van der Waals surface area contributed by atoms with Gasteiger partial charge < -0.3 is 10.2 Å². The molecular formula is C17H14ClF3N2O2. The summed E-state index contributed by atoms with van der Waals surface area (Å²) < 4.78 is 38.5. The summed E-state index contributed by atoms with van der Waals surface area (Å²) in [6.07, 6.45) is -4.54.